The van der Waals surface area contributed by atoms with Gasteiger partial charge < -0.3 is 10.1 Å². The van der Waals surface area contributed by atoms with E-state index in [-0.39, 0.29) is 11.4 Å². The number of hydrogen-bond acceptors (Lipinski definition) is 3. The molecule has 1 heterocycles. The first-order valence-electron chi connectivity index (χ1n) is 6.67. The van der Waals surface area contributed by atoms with Crippen molar-refractivity contribution in [1.82, 2.24) is 4.98 Å². The van der Waals surface area contributed by atoms with Gasteiger partial charge in [0, 0.05) is 17.1 Å². The first-order chi connectivity index (χ1) is 10.7. The molecule has 3 aromatic rings. The van der Waals surface area contributed by atoms with Crippen molar-refractivity contribution in [2.24, 2.45) is 0 Å². The van der Waals surface area contributed by atoms with E-state index in [4.69, 9.17) is 4.74 Å². The molecule has 4 nitrogen and oxygen atoms in total. The molecule has 0 aliphatic rings. The van der Waals surface area contributed by atoms with Gasteiger partial charge in [-0.05, 0) is 36.4 Å². The van der Waals surface area contributed by atoms with Crippen molar-refractivity contribution in [2.75, 3.05) is 12.4 Å². The number of aromatic nitrogens is 1. The Morgan fingerprint density at radius 1 is 1.18 bits per heavy atom. The van der Waals surface area contributed by atoms with Crippen LogP contribution in [0.5, 0.6) is 5.75 Å². The second-order valence-corrected chi connectivity index (χ2v) is 4.69. The van der Waals surface area contributed by atoms with E-state index < -0.39 is 11.7 Å². The third-order valence-electron chi connectivity index (χ3n) is 3.30. The number of amides is 1. The number of rotatable bonds is 3. The minimum Gasteiger partial charge on any atom is -0.494 e. The molecule has 0 spiro atoms. The zero-order valence-corrected chi connectivity index (χ0v) is 11.8. The van der Waals surface area contributed by atoms with Gasteiger partial charge in [0.25, 0.3) is 5.91 Å². The summed E-state index contributed by atoms with van der Waals surface area (Å²) in [6.45, 7) is 0. The molecular weight excluding hydrogens is 283 g/mol. The summed E-state index contributed by atoms with van der Waals surface area (Å²) in [7, 11) is 1.38. The van der Waals surface area contributed by atoms with Gasteiger partial charge in [-0.2, -0.15) is 0 Å². The van der Waals surface area contributed by atoms with Crippen LogP contribution in [0, 0.1) is 5.82 Å². The number of nitrogens with one attached hydrogen (secondary N) is 1. The van der Waals surface area contributed by atoms with E-state index in [9.17, 15) is 9.18 Å². The number of anilines is 1. The van der Waals surface area contributed by atoms with Crippen molar-refractivity contribution in [3.63, 3.8) is 0 Å². The lowest BCUT2D eigenvalue weighted by Gasteiger charge is -2.09. The standard InChI is InChI=1S/C17H13FN2O2/c1-22-15-6-2-5-14(16(15)18)20-17(21)12-7-8-13-11(10-12)4-3-9-19-13/h2-10H,1H3,(H,20,21). The zero-order valence-electron chi connectivity index (χ0n) is 11.8. The fourth-order valence-corrected chi connectivity index (χ4v) is 2.18. The van der Waals surface area contributed by atoms with Gasteiger partial charge in [0.15, 0.2) is 11.6 Å². The monoisotopic (exact) mass is 296 g/mol. The van der Waals surface area contributed by atoms with Crippen LogP contribution in [-0.4, -0.2) is 18.0 Å². The predicted octanol–water partition coefficient (Wildman–Crippen LogP) is 3.63. The Balaban J connectivity index is 1.90. The maximum absolute atomic E-state index is 14.1. The van der Waals surface area contributed by atoms with Gasteiger partial charge >= 0.3 is 0 Å². The average molecular weight is 296 g/mol. The SMILES string of the molecule is COc1cccc(NC(=O)c2ccc3ncccc3c2)c1F. The topological polar surface area (TPSA) is 51.2 Å². The number of nitrogens with zero attached hydrogens (tertiary/aromatic N) is 1. The summed E-state index contributed by atoms with van der Waals surface area (Å²) in [5, 5.41) is 3.40. The Morgan fingerprint density at radius 2 is 2.05 bits per heavy atom. The maximum atomic E-state index is 14.1. The normalized spacial score (nSPS) is 10.5. The van der Waals surface area contributed by atoms with Crippen LogP contribution in [0.4, 0.5) is 10.1 Å². The maximum Gasteiger partial charge on any atom is 0.255 e. The molecule has 0 bridgehead atoms. The molecule has 1 N–H and O–H groups in total. The van der Waals surface area contributed by atoms with E-state index in [1.165, 1.54) is 19.2 Å². The number of ether oxygens (including phenoxy) is 1. The van der Waals surface area contributed by atoms with E-state index in [1.807, 2.05) is 6.07 Å². The van der Waals surface area contributed by atoms with Crippen LogP contribution >= 0.6 is 0 Å². The van der Waals surface area contributed by atoms with Crippen molar-refractivity contribution in [2.45, 2.75) is 0 Å². The smallest absolute Gasteiger partial charge is 0.255 e. The van der Waals surface area contributed by atoms with Crippen molar-refractivity contribution < 1.29 is 13.9 Å². The lowest BCUT2D eigenvalue weighted by molar-refractivity contribution is 0.102. The Labute approximate surface area is 126 Å². The lowest BCUT2D eigenvalue weighted by atomic mass is 10.1. The van der Waals surface area contributed by atoms with Crippen molar-refractivity contribution in [1.29, 1.82) is 0 Å². The van der Waals surface area contributed by atoms with Crippen LogP contribution in [0.3, 0.4) is 0 Å². The van der Waals surface area contributed by atoms with Gasteiger partial charge in [-0.25, -0.2) is 4.39 Å². The second-order valence-electron chi connectivity index (χ2n) is 4.69. The number of pyridine rings is 1. The molecule has 22 heavy (non-hydrogen) atoms. The highest BCUT2D eigenvalue weighted by Gasteiger charge is 2.13. The molecule has 110 valence electrons. The van der Waals surface area contributed by atoms with E-state index in [0.29, 0.717) is 5.56 Å². The van der Waals surface area contributed by atoms with Crippen LogP contribution < -0.4 is 10.1 Å². The number of halogens is 1. The van der Waals surface area contributed by atoms with Crippen molar-refractivity contribution in [3.05, 3.63) is 66.1 Å². The average Bonchev–Trinajstić information content (AvgIpc) is 2.56. The minimum absolute atomic E-state index is 0.0793. The number of carbonyl (C=O) groups excluding carboxylic acids is 1. The van der Waals surface area contributed by atoms with Gasteiger partial charge in [0.05, 0.1) is 18.3 Å². The summed E-state index contributed by atoms with van der Waals surface area (Å²) in [5.41, 5.74) is 1.31. The molecule has 0 fully saturated rings. The molecule has 0 saturated heterocycles. The van der Waals surface area contributed by atoms with Gasteiger partial charge in [-0.1, -0.05) is 12.1 Å². The Hall–Kier alpha value is -2.95. The van der Waals surface area contributed by atoms with E-state index in [0.717, 1.165) is 10.9 Å². The quantitative estimate of drug-likeness (QED) is 0.803. The highest BCUT2D eigenvalue weighted by Crippen LogP contribution is 2.24. The zero-order chi connectivity index (χ0) is 15.5. The van der Waals surface area contributed by atoms with Gasteiger partial charge in [-0.3, -0.25) is 9.78 Å². The highest BCUT2D eigenvalue weighted by atomic mass is 19.1. The molecule has 5 heteroatoms. The molecule has 0 aliphatic carbocycles. The van der Waals surface area contributed by atoms with Crippen LogP contribution in [-0.2, 0) is 0 Å². The third kappa shape index (κ3) is 2.61. The summed E-state index contributed by atoms with van der Waals surface area (Å²) in [5.74, 6) is -0.903. The number of methoxy groups -OCH3 is 1. The molecule has 0 unspecified atom stereocenters. The summed E-state index contributed by atoms with van der Waals surface area (Å²) >= 11 is 0. The molecule has 2 aromatic carbocycles. The first-order valence-corrected chi connectivity index (χ1v) is 6.67. The fourth-order valence-electron chi connectivity index (χ4n) is 2.18. The number of fused-ring (bicyclic) bond motifs is 1. The van der Waals surface area contributed by atoms with E-state index in [1.54, 1.807) is 36.5 Å². The molecule has 1 amide bonds. The highest BCUT2D eigenvalue weighted by molar-refractivity contribution is 6.06. The third-order valence-corrected chi connectivity index (χ3v) is 3.30. The Kier molecular flexibility index (Phi) is 3.70. The number of carbonyl (C=O) groups is 1. The first kappa shape index (κ1) is 14.0. The molecular formula is C17H13FN2O2. The van der Waals surface area contributed by atoms with Gasteiger partial charge in [0.1, 0.15) is 0 Å². The van der Waals surface area contributed by atoms with Crippen LogP contribution in [0.25, 0.3) is 10.9 Å². The Morgan fingerprint density at radius 3 is 2.86 bits per heavy atom. The van der Waals surface area contributed by atoms with E-state index >= 15 is 0 Å². The van der Waals surface area contributed by atoms with Gasteiger partial charge in [-0.15, -0.1) is 0 Å². The molecule has 3 rings (SSSR count). The summed E-state index contributed by atoms with van der Waals surface area (Å²) < 4.78 is 18.9. The minimum atomic E-state index is -0.596. The lowest BCUT2D eigenvalue weighted by Crippen LogP contribution is -2.13. The number of benzene rings is 2. The summed E-state index contributed by atoms with van der Waals surface area (Å²) in [4.78, 5) is 16.5. The molecule has 0 radical (unpaired) electrons. The summed E-state index contributed by atoms with van der Waals surface area (Å²) in [6, 6.07) is 13.4. The van der Waals surface area contributed by atoms with Crippen molar-refractivity contribution >= 4 is 22.5 Å². The fraction of sp³-hybridized carbons (Fsp3) is 0.0588. The van der Waals surface area contributed by atoms with Crippen LogP contribution in [0.2, 0.25) is 0 Å². The largest absolute Gasteiger partial charge is 0.494 e. The molecule has 0 aliphatic heterocycles. The molecule has 0 saturated carbocycles. The van der Waals surface area contributed by atoms with Gasteiger partial charge in [0.2, 0.25) is 0 Å². The van der Waals surface area contributed by atoms with E-state index in [2.05, 4.69) is 10.3 Å². The second kappa shape index (κ2) is 5.81. The van der Waals surface area contributed by atoms with Crippen LogP contribution in [0.1, 0.15) is 10.4 Å². The molecule has 0 atom stereocenters. The number of hydrogen-bond donors (Lipinski definition) is 1. The predicted molar refractivity (Wildman–Crippen MR) is 82.6 cm³/mol. The Bertz CT molecular complexity index is 849. The van der Waals surface area contributed by atoms with Crippen molar-refractivity contribution in [3.8, 4) is 5.75 Å². The molecule has 1 aromatic heterocycles. The summed E-state index contributed by atoms with van der Waals surface area (Å²) in [6.07, 6.45) is 1.69. The van der Waals surface area contributed by atoms with Crippen LogP contribution in [0.15, 0.2) is 54.7 Å².